The Morgan fingerprint density at radius 2 is 2.10 bits per heavy atom. The molecule has 0 saturated carbocycles. The van der Waals surface area contributed by atoms with E-state index in [4.69, 9.17) is 5.73 Å². The number of carbonyl (C=O) groups excluding carboxylic acids is 1. The van der Waals surface area contributed by atoms with Crippen molar-refractivity contribution < 1.29 is 4.79 Å². The maximum atomic E-state index is 12.0. The van der Waals surface area contributed by atoms with Gasteiger partial charge in [-0.15, -0.1) is 0 Å². The van der Waals surface area contributed by atoms with Gasteiger partial charge in [0.25, 0.3) is 5.91 Å². The van der Waals surface area contributed by atoms with E-state index in [2.05, 4.69) is 22.3 Å². The molecule has 1 amide bonds. The van der Waals surface area contributed by atoms with Crippen molar-refractivity contribution in [3.05, 3.63) is 53.3 Å². The lowest BCUT2D eigenvalue weighted by Gasteiger charge is -2.05. The van der Waals surface area contributed by atoms with Crippen molar-refractivity contribution in [2.75, 3.05) is 13.1 Å². The van der Waals surface area contributed by atoms with E-state index in [0.29, 0.717) is 18.7 Å². The van der Waals surface area contributed by atoms with Crippen molar-refractivity contribution in [1.29, 1.82) is 0 Å². The van der Waals surface area contributed by atoms with Gasteiger partial charge >= 0.3 is 0 Å². The summed E-state index contributed by atoms with van der Waals surface area (Å²) >= 11 is 0. The van der Waals surface area contributed by atoms with Crippen LogP contribution in [0, 0.1) is 11.8 Å². The lowest BCUT2D eigenvalue weighted by Crippen LogP contribution is -2.26. The summed E-state index contributed by atoms with van der Waals surface area (Å²) in [4.78, 5) is 12.0. The standard InChI is InChI=1S/C16H18N4O/c1-20-15(9-12-19-20)8-11-18-16(21)14-6-4-13(5-7-14)3-2-10-17/h4-7,9,12H,8,10-11,17H2,1H3,(H,18,21). The third-order valence-corrected chi connectivity index (χ3v) is 3.07. The van der Waals surface area contributed by atoms with Crippen LogP contribution in [0.15, 0.2) is 36.5 Å². The van der Waals surface area contributed by atoms with Crippen LogP contribution in [0.5, 0.6) is 0 Å². The lowest BCUT2D eigenvalue weighted by atomic mass is 10.1. The van der Waals surface area contributed by atoms with Crippen LogP contribution in [0.1, 0.15) is 21.6 Å². The summed E-state index contributed by atoms with van der Waals surface area (Å²) in [6, 6.07) is 9.11. The largest absolute Gasteiger partial charge is 0.352 e. The number of carbonyl (C=O) groups is 1. The highest BCUT2D eigenvalue weighted by Gasteiger charge is 2.05. The monoisotopic (exact) mass is 282 g/mol. The first kappa shape index (κ1) is 14.8. The Kier molecular flexibility index (Phi) is 5.13. The molecule has 21 heavy (non-hydrogen) atoms. The minimum Gasteiger partial charge on any atom is -0.352 e. The van der Waals surface area contributed by atoms with Gasteiger partial charge in [0.15, 0.2) is 0 Å². The number of amides is 1. The van der Waals surface area contributed by atoms with Crippen molar-refractivity contribution in [2.24, 2.45) is 12.8 Å². The zero-order valence-electron chi connectivity index (χ0n) is 12.0. The maximum absolute atomic E-state index is 12.0. The molecule has 3 N–H and O–H groups in total. The van der Waals surface area contributed by atoms with Crippen molar-refractivity contribution in [3.8, 4) is 11.8 Å². The third kappa shape index (κ3) is 4.20. The van der Waals surface area contributed by atoms with E-state index in [-0.39, 0.29) is 5.91 Å². The molecular weight excluding hydrogens is 264 g/mol. The summed E-state index contributed by atoms with van der Waals surface area (Å²) in [5.41, 5.74) is 7.88. The molecule has 0 unspecified atom stereocenters. The van der Waals surface area contributed by atoms with E-state index in [1.54, 1.807) is 23.0 Å². The van der Waals surface area contributed by atoms with E-state index in [9.17, 15) is 4.79 Å². The van der Waals surface area contributed by atoms with Crippen LogP contribution in [-0.2, 0) is 13.5 Å². The Labute approximate surface area is 124 Å². The third-order valence-electron chi connectivity index (χ3n) is 3.07. The predicted molar refractivity (Wildman–Crippen MR) is 81.6 cm³/mol. The van der Waals surface area contributed by atoms with Crippen molar-refractivity contribution in [3.63, 3.8) is 0 Å². The SMILES string of the molecule is Cn1nccc1CCNC(=O)c1ccc(C#CCN)cc1. The van der Waals surface area contributed by atoms with Gasteiger partial charge in [-0.25, -0.2) is 0 Å². The van der Waals surface area contributed by atoms with Gasteiger partial charge in [0.05, 0.1) is 6.54 Å². The van der Waals surface area contributed by atoms with Crippen LogP contribution in [0.25, 0.3) is 0 Å². The number of aromatic nitrogens is 2. The number of aryl methyl sites for hydroxylation is 1. The van der Waals surface area contributed by atoms with Crippen molar-refractivity contribution in [2.45, 2.75) is 6.42 Å². The van der Waals surface area contributed by atoms with E-state index in [0.717, 1.165) is 17.7 Å². The minimum atomic E-state index is -0.0875. The molecule has 0 fully saturated rings. The van der Waals surface area contributed by atoms with Crippen molar-refractivity contribution in [1.82, 2.24) is 15.1 Å². The number of nitrogens with zero attached hydrogens (tertiary/aromatic N) is 2. The van der Waals surface area contributed by atoms with Gasteiger partial charge in [0.1, 0.15) is 0 Å². The Morgan fingerprint density at radius 1 is 1.33 bits per heavy atom. The molecule has 5 heteroatoms. The van der Waals surface area contributed by atoms with Crippen LogP contribution in [0.2, 0.25) is 0 Å². The molecule has 1 aromatic carbocycles. The van der Waals surface area contributed by atoms with Crippen LogP contribution < -0.4 is 11.1 Å². The number of hydrogen-bond acceptors (Lipinski definition) is 3. The molecule has 0 aliphatic heterocycles. The van der Waals surface area contributed by atoms with Gasteiger partial charge in [-0.05, 0) is 30.3 Å². The molecule has 0 spiro atoms. The van der Waals surface area contributed by atoms with E-state index >= 15 is 0 Å². The fourth-order valence-corrected chi connectivity index (χ4v) is 1.91. The zero-order chi connectivity index (χ0) is 15.1. The number of rotatable bonds is 4. The predicted octanol–water partition coefficient (Wildman–Crippen LogP) is 0.703. The smallest absolute Gasteiger partial charge is 0.251 e. The second kappa shape index (κ2) is 7.27. The Morgan fingerprint density at radius 3 is 2.71 bits per heavy atom. The molecule has 0 saturated heterocycles. The van der Waals surface area contributed by atoms with Crippen LogP contribution in [0.3, 0.4) is 0 Å². The summed E-state index contributed by atoms with van der Waals surface area (Å²) in [7, 11) is 1.89. The molecule has 0 radical (unpaired) electrons. The van der Waals surface area contributed by atoms with Crippen molar-refractivity contribution >= 4 is 5.91 Å². The van der Waals surface area contributed by atoms with E-state index < -0.39 is 0 Å². The van der Waals surface area contributed by atoms with Crippen LogP contribution in [-0.4, -0.2) is 28.8 Å². The molecule has 0 aliphatic carbocycles. The van der Waals surface area contributed by atoms with Gasteiger partial charge in [0.2, 0.25) is 0 Å². The van der Waals surface area contributed by atoms with Gasteiger partial charge < -0.3 is 11.1 Å². The maximum Gasteiger partial charge on any atom is 0.251 e. The second-order valence-corrected chi connectivity index (χ2v) is 4.54. The Bertz CT molecular complexity index is 662. The van der Waals surface area contributed by atoms with Gasteiger partial charge in [0, 0.05) is 43.0 Å². The molecule has 1 heterocycles. The quantitative estimate of drug-likeness (QED) is 0.811. The molecule has 0 aliphatic rings. The summed E-state index contributed by atoms with van der Waals surface area (Å²) < 4.78 is 1.80. The molecule has 108 valence electrons. The average molecular weight is 282 g/mol. The lowest BCUT2D eigenvalue weighted by molar-refractivity contribution is 0.0954. The van der Waals surface area contributed by atoms with Gasteiger partial charge in [-0.3, -0.25) is 9.48 Å². The summed E-state index contributed by atoms with van der Waals surface area (Å²) in [6.07, 6.45) is 2.50. The molecule has 0 atom stereocenters. The number of nitrogens with two attached hydrogens (primary N) is 1. The zero-order valence-corrected chi connectivity index (χ0v) is 12.0. The first-order valence-electron chi connectivity index (χ1n) is 6.75. The summed E-state index contributed by atoms with van der Waals surface area (Å²) in [5, 5.41) is 6.98. The topological polar surface area (TPSA) is 72.9 Å². The average Bonchev–Trinajstić information content (AvgIpc) is 2.91. The van der Waals surface area contributed by atoms with Crippen LogP contribution >= 0.6 is 0 Å². The molecule has 1 aromatic heterocycles. The van der Waals surface area contributed by atoms with E-state index in [1.807, 2.05) is 25.2 Å². The fraction of sp³-hybridized carbons (Fsp3) is 0.250. The highest BCUT2D eigenvalue weighted by molar-refractivity contribution is 5.94. The molecular formula is C16H18N4O. The molecule has 2 rings (SSSR count). The van der Waals surface area contributed by atoms with E-state index in [1.165, 1.54) is 0 Å². The highest BCUT2D eigenvalue weighted by atomic mass is 16.1. The Hall–Kier alpha value is -2.58. The first-order chi connectivity index (χ1) is 10.2. The normalized spacial score (nSPS) is 9.81. The molecule has 5 nitrogen and oxygen atoms in total. The number of benzene rings is 1. The van der Waals surface area contributed by atoms with Crippen LogP contribution in [0.4, 0.5) is 0 Å². The highest BCUT2D eigenvalue weighted by Crippen LogP contribution is 2.03. The Balaban J connectivity index is 1.87. The van der Waals surface area contributed by atoms with Gasteiger partial charge in [-0.2, -0.15) is 5.10 Å². The van der Waals surface area contributed by atoms with Gasteiger partial charge in [-0.1, -0.05) is 11.8 Å². The fourth-order valence-electron chi connectivity index (χ4n) is 1.91. The molecule has 0 bridgehead atoms. The summed E-state index contributed by atoms with van der Waals surface area (Å²) in [6.45, 7) is 0.906. The number of nitrogens with one attached hydrogen (secondary N) is 1. The minimum absolute atomic E-state index is 0.0875. The summed E-state index contributed by atoms with van der Waals surface area (Å²) in [5.74, 6) is 5.61. The molecule has 2 aromatic rings. The first-order valence-corrected chi connectivity index (χ1v) is 6.75. The number of hydrogen-bond donors (Lipinski definition) is 2. The second-order valence-electron chi connectivity index (χ2n) is 4.54.